The van der Waals surface area contributed by atoms with Crippen LogP contribution in [0.2, 0.25) is 0 Å². The maximum atomic E-state index is 14.5. The van der Waals surface area contributed by atoms with Crippen LogP contribution < -0.4 is 19.5 Å². The number of amides is 2. The molecular weight excluding hydrogens is 705 g/mol. The third kappa shape index (κ3) is 10.6. The summed E-state index contributed by atoms with van der Waals surface area (Å²) >= 11 is 0. The maximum absolute atomic E-state index is 14.5. The molecule has 2 heterocycles. The quantitative estimate of drug-likeness (QED) is 0.102. The van der Waals surface area contributed by atoms with Gasteiger partial charge in [-0.2, -0.15) is 0 Å². The minimum Gasteiger partial charge on any atom is -0.493 e. The Kier molecular flexibility index (Phi) is 14.3. The maximum Gasteiger partial charge on any atom is 0.254 e. The summed E-state index contributed by atoms with van der Waals surface area (Å²) in [5, 5.41) is 15.5. The van der Waals surface area contributed by atoms with Crippen LogP contribution in [-0.2, 0) is 17.6 Å². The monoisotopic (exact) mass is 758 g/mol. The number of pyridine rings is 1. The number of carbonyl (C=O) groups is 2. The van der Waals surface area contributed by atoms with Gasteiger partial charge in [0.2, 0.25) is 5.91 Å². The van der Waals surface area contributed by atoms with E-state index in [1.54, 1.807) is 37.4 Å². The minimum atomic E-state index is -0.829. The molecule has 0 spiro atoms. The highest BCUT2D eigenvalue weighted by molar-refractivity contribution is 5.98. The summed E-state index contributed by atoms with van der Waals surface area (Å²) in [6.45, 7) is 3.27. The zero-order valence-electron chi connectivity index (χ0n) is 32.7. The second-order valence-corrected chi connectivity index (χ2v) is 14.6. The zero-order chi connectivity index (χ0) is 39.3. The molecule has 0 bridgehead atoms. The Morgan fingerprint density at radius 1 is 0.839 bits per heavy atom. The van der Waals surface area contributed by atoms with Gasteiger partial charge in [0.25, 0.3) is 5.91 Å². The number of ether oxygens (including phenoxy) is 3. The molecular formula is C46H54N4O6. The number of aryl methyl sites for hydroxylation is 3. The molecule has 1 unspecified atom stereocenters. The van der Waals surface area contributed by atoms with Crippen molar-refractivity contribution in [1.82, 2.24) is 20.1 Å². The predicted octanol–water partition coefficient (Wildman–Crippen LogP) is 6.66. The second kappa shape index (κ2) is 19.9. The number of aromatic nitrogens is 1. The van der Waals surface area contributed by atoms with E-state index in [2.05, 4.69) is 58.8 Å². The van der Waals surface area contributed by atoms with Gasteiger partial charge in [0.1, 0.15) is 24.5 Å². The van der Waals surface area contributed by atoms with Gasteiger partial charge in [0.05, 0.1) is 19.7 Å². The normalized spacial score (nSPS) is 15.1. The molecule has 294 valence electrons. The summed E-state index contributed by atoms with van der Waals surface area (Å²) < 4.78 is 17.2. The van der Waals surface area contributed by atoms with E-state index in [9.17, 15) is 14.7 Å². The Hall–Kier alpha value is -5.45. The van der Waals surface area contributed by atoms with Crippen molar-refractivity contribution in [2.45, 2.75) is 63.6 Å². The van der Waals surface area contributed by atoms with Crippen molar-refractivity contribution in [2.75, 3.05) is 47.0 Å². The van der Waals surface area contributed by atoms with Crippen molar-refractivity contribution in [3.63, 3.8) is 0 Å². The van der Waals surface area contributed by atoms with Gasteiger partial charge in [-0.25, -0.2) is 0 Å². The lowest BCUT2D eigenvalue weighted by atomic mass is 9.98. The van der Waals surface area contributed by atoms with Crippen molar-refractivity contribution in [1.29, 1.82) is 0 Å². The van der Waals surface area contributed by atoms with Gasteiger partial charge in [-0.1, -0.05) is 66.7 Å². The van der Waals surface area contributed by atoms with E-state index >= 15 is 0 Å². The number of β-amino-alcohol motifs (C(OH)–C–C–N with tert-alkyl or cyclic N) is 1. The van der Waals surface area contributed by atoms with E-state index in [-0.39, 0.29) is 37.6 Å². The number of nitrogens with one attached hydrogen (secondary N) is 1. The summed E-state index contributed by atoms with van der Waals surface area (Å²) in [6, 6.07) is 32.9. The number of aliphatic hydroxyl groups is 1. The highest BCUT2D eigenvalue weighted by Gasteiger charge is 2.37. The Labute approximate surface area is 330 Å². The average Bonchev–Trinajstić information content (AvgIpc) is 3.23. The van der Waals surface area contributed by atoms with Crippen molar-refractivity contribution in [2.24, 2.45) is 0 Å². The van der Waals surface area contributed by atoms with Crippen LogP contribution in [0, 0.1) is 6.92 Å². The summed E-state index contributed by atoms with van der Waals surface area (Å²) in [5.41, 5.74) is 4.54. The van der Waals surface area contributed by atoms with Crippen LogP contribution in [0.1, 0.15) is 52.7 Å². The van der Waals surface area contributed by atoms with Gasteiger partial charge in [-0.15, -0.1) is 0 Å². The first-order valence-electron chi connectivity index (χ1n) is 19.6. The fourth-order valence-electron chi connectivity index (χ4n) is 7.64. The topological polar surface area (TPSA) is 113 Å². The van der Waals surface area contributed by atoms with E-state index in [1.165, 1.54) is 11.1 Å². The van der Waals surface area contributed by atoms with Crippen LogP contribution in [0.5, 0.6) is 17.2 Å². The first-order valence-corrected chi connectivity index (χ1v) is 19.6. The average molecular weight is 759 g/mol. The van der Waals surface area contributed by atoms with Crippen LogP contribution in [0.25, 0.3) is 10.9 Å². The number of aliphatic hydroxyl groups excluding tert-OH is 1. The van der Waals surface area contributed by atoms with Crippen molar-refractivity contribution in [3.8, 4) is 17.2 Å². The van der Waals surface area contributed by atoms with Crippen LogP contribution in [-0.4, -0.2) is 96.9 Å². The summed E-state index contributed by atoms with van der Waals surface area (Å²) in [4.78, 5) is 37.0. The Morgan fingerprint density at radius 3 is 2.20 bits per heavy atom. The number of benzene rings is 4. The minimum absolute atomic E-state index is 0.0693. The predicted molar refractivity (Wildman–Crippen MR) is 219 cm³/mol. The largest absolute Gasteiger partial charge is 0.493 e. The van der Waals surface area contributed by atoms with E-state index in [0.29, 0.717) is 35.9 Å². The molecule has 2 amide bonds. The zero-order valence-corrected chi connectivity index (χ0v) is 32.7. The molecule has 56 heavy (non-hydrogen) atoms. The van der Waals surface area contributed by atoms with Crippen LogP contribution in [0.3, 0.4) is 0 Å². The molecule has 1 fully saturated rings. The lowest BCUT2D eigenvalue weighted by Crippen LogP contribution is -2.62. The van der Waals surface area contributed by atoms with Gasteiger partial charge < -0.3 is 29.5 Å². The number of hydrogen-bond donors (Lipinski definition) is 2. The van der Waals surface area contributed by atoms with E-state index in [4.69, 9.17) is 14.2 Å². The van der Waals surface area contributed by atoms with Crippen LogP contribution >= 0.6 is 0 Å². The third-order valence-electron chi connectivity index (χ3n) is 10.5. The number of piperazine rings is 1. The molecule has 6 rings (SSSR count). The molecule has 2 N–H and O–H groups in total. The van der Waals surface area contributed by atoms with Crippen molar-refractivity contribution in [3.05, 3.63) is 132 Å². The SMILES string of the molecule is COc1cc(C(=O)N2CCN(C[C@@H](O)COc3cccc4ncccc34)CC2C(=O)NC(CCCc2ccccc2)CCCc2ccccc2)cc(C)c1OC. The van der Waals surface area contributed by atoms with Gasteiger partial charge >= 0.3 is 0 Å². The van der Waals surface area contributed by atoms with Crippen LogP contribution in [0.15, 0.2) is 109 Å². The van der Waals surface area contributed by atoms with Gasteiger partial charge in [0.15, 0.2) is 11.5 Å². The molecule has 10 heteroatoms. The number of rotatable bonds is 18. The molecule has 10 nitrogen and oxygen atoms in total. The van der Waals surface area contributed by atoms with Gasteiger partial charge in [-0.3, -0.25) is 19.5 Å². The smallest absolute Gasteiger partial charge is 0.254 e. The number of nitrogens with zero attached hydrogens (tertiary/aromatic N) is 3. The third-order valence-corrected chi connectivity index (χ3v) is 10.5. The highest BCUT2D eigenvalue weighted by atomic mass is 16.5. The molecule has 2 atom stereocenters. The van der Waals surface area contributed by atoms with E-state index in [0.717, 1.165) is 55.0 Å². The molecule has 1 aromatic heterocycles. The summed E-state index contributed by atoms with van der Waals surface area (Å²) in [7, 11) is 3.11. The second-order valence-electron chi connectivity index (χ2n) is 14.6. The molecule has 4 aromatic carbocycles. The molecule has 1 aliphatic rings. The first-order chi connectivity index (χ1) is 27.3. The van der Waals surface area contributed by atoms with Gasteiger partial charge in [0, 0.05) is 49.4 Å². The molecule has 0 radical (unpaired) electrons. The number of hydrogen-bond acceptors (Lipinski definition) is 8. The first kappa shape index (κ1) is 40.2. The lowest BCUT2D eigenvalue weighted by molar-refractivity contribution is -0.128. The summed E-state index contributed by atoms with van der Waals surface area (Å²) in [5.74, 6) is 1.22. The van der Waals surface area contributed by atoms with Crippen LogP contribution in [0.4, 0.5) is 0 Å². The Bertz CT molecular complexity index is 1980. The number of fused-ring (bicyclic) bond motifs is 1. The molecule has 5 aromatic rings. The van der Waals surface area contributed by atoms with Crippen molar-refractivity contribution >= 4 is 22.7 Å². The standard InChI is InChI=1S/C46H54N4O6/c1-33-28-36(29-43(54-2)44(33)55-3)46(53)50-27-26-49(30-38(51)32-56-42-24-12-23-40-39(42)22-13-25-47-40)31-41(50)45(52)48-37(20-10-18-34-14-6-4-7-15-34)21-11-19-35-16-8-5-9-17-35/h4-9,12-17,22-25,28-29,37-38,41,51H,10-11,18-21,26-27,30-32H2,1-3H3,(H,48,52)/t38-,41?/m1/s1. The van der Waals surface area contributed by atoms with Gasteiger partial charge in [-0.05, 0) is 98.5 Å². The fourth-order valence-corrected chi connectivity index (χ4v) is 7.64. The Balaban J connectivity index is 1.18. The fraction of sp³-hybridized carbons (Fsp3) is 0.370. The molecule has 0 saturated carbocycles. The molecule has 0 aliphatic carbocycles. The van der Waals surface area contributed by atoms with E-state index < -0.39 is 12.1 Å². The summed E-state index contributed by atoms with van der Waals surface area (Å²) in [6.07, 6.45) is 6.21. The molecule has 1 aliphatic heterocycles. The lowest BCUT2D eigenvalue weighted by Gasteiger charge is -2.41. The Morgan fingerprint density at radius 2 is 1.54 bits per heavy atom. The van der Waals surface area contributed by atoms with Crippen molar-refractivity contribution < 1.29 is 28.9 Å². The number of carbonyl (C=O) groups excluding carboxylic acids is 2. The number of methoxy groups -OCH3 is 2. The highest BCUT2D eigenvalue weighted by Crippen LogP contribution is 2.33. The molecule has 1 saturated heterocycles. The van der Waals surface area contributed by atoms with E-state index in [1.807, 2.05) is 54.3 Å².